The molecular formula is C25H23N5O3. The van der Waals surface area contributed by atoms with Crippen molar-refractivity contribution in [1.82, 2.24) is 20.3 Å². The minimum atomic E-state index is -0.552. The number of aromatic amines is 1. The Morgan fingerprint density at radius 2 is 1.88 bits per heavy atom. The lowest BCUT2D eigenvalue weighted by molar-refractivity contribution is -0.120. The summed E-state index contributed by atoms with van der Waals surface area (Å²) in [4.78, 5) is 27.1. The van der Waals surface area contributed by atoms with Crippen LogP contribution in [-0.2, 0) is 16.1 Å². The monoisotopic (exact) mass is 441 g/mol. The maximum atomic E-state index is 13.0. The zero-order chi connectivity index (χ0) is 22.6. The Morgan fingerprint density at radius 1 is 1.03 bits per heavy atom. The van der Waals surface area contributed by atoms with Gasteiger partial charge in [0, 0.05) is 12.2 Å². The summed E-state index contributed by atoms with van der Waals surface area (Å²) >= 11 is 0. The van der Waals surface area contributed by atoms with E-state index in [4.69, 9.17) is 4.74 Å². The summed E-state index contributed by atoms with van der Waals surface area (Å²) in [6.07, 6.45) is 0.900. The van der Waals surface area contributed by atoms with Gasteiger partial charge in [-0.25, -0.2) is 4.79 Å². The van der Waals surface area contributed by atoms with E-state index in [1.807, 2.05) is 72.8 Å². The van der Waals surface area contributed by atoms with Crippen molar-refractivity contribution in [2.45, 2.75) is 25.5 Å². The lowest BCUT2D eigenvalue weighted by atomic mass is 10.0. The fraction of sp³-hybridized carbons (Fsp3) is 0.200. The first-order valence-electron chi connectivity index (χ1n) is 10.9. The van der Waals surface area contributed by atoms with Crippen LogP contribution in [0.25, 0.3) is 22.2 Å². The number of hydrogen-bond donors (Lipinski definition) is 2. The quantitative estimate of drug-likeness (QED) is 0.479. The van der Waals surface area contributed by atoms with E-state index in [0.29, 0.717) is 18.7 Å². The summed E-state index contributed by atoms with van der Waals surface area (Å²) in [5.74, 6) is -0.215. The van der Waals surface area contributed by atoms with E-state index in [-0.39, 0.29) is 12.5 Å². The van der Waals surface area contributed by atoms with E-state index in [1.54, 1.807) is 0 Å². The fourth-order valence-corrected chi connectivity index (χ4v) is 4.08. The molecule has 2 amide bonds. The highest BCUT2D eigenvalue weighted by Crippen LogP contribution is 2.26. The number of carbonyl (C=O) groups is 2. The normalized spacial score (nSPS) is 15.5. The number of fused-ring (bicyclic) bond motifs is 1. The van der Waals surface area contributed by atoms with E-state index in [0.717, 1.165) is 34.1 Å². The van der Waals surface area contributed by atoms with Crippen molar-refractivity contribution in [1.29, 1.82) is 0 Å². The van der Waals surface area contributed by atoms with Crippen molar-refractivity contribution >= 4 is 28.7 Å². The molecule has 1 saturated heterocycles. The smallest absolute Gasteiger partial charge is 0.410 e. The molecule has 2 N–H and O–H groups in total. The Kier molecular flexibility index (Phi) is 5.72. The second kappa shape index (κ2) is 9.12. The molecule has 0 radical (unpaired) electrons. The van der Waals surface area contributed by atoms with Crippen molar-refractivity contribution in [3.63, 3.8) is 0 Å². The third-order valence-corrected chi connectivity index (χ3v) is 5.78. The van der Waals surface area contributed by atoms with Crippen LogP contribution in [0, 0.1) is 0 Å². The first-order valence-corrected chi connectivity index (χ1v) is 10.9. The summed E-state index contributed by atoms with van der Waals surface area (Å²) in [5, 5.41) is 13.7. The van der Waals surface area contributed by atoms with Gasteiger partial charge >= 0.3 is 6.09 Å². The summed E-state index contributed by atoms with van der Waals surface area (Å²) in [6.45, 7) is 0.686. The molecule has 0 bridgehead atoms. The SMILES string of the molecule is O=C(Nc1cccc(-c2ccc3[nH]nnc3c2)c1)[C@@H]1CCCN1C(=O)OCc1ccccc1. The Morgan fingerprint density at radius 3 is 2.76 bits per heavy atom. The number of benzene rings is 3. The Labute approximate surface area is 190 Å². The van der Waals surface area contributed by atoms with Gasteiger partial charge in [0.2, 0.25) is 5.91 Å². The molecule has 1 aromatic heterocycles. The van der Waals surface area contributed by atoms with Gasteiger partial charge in [0.15, 0.2) is 0 Å². The van der Waals surface area contributed by atoms with Gasteiger partial charge in [-0.05, 0) is 53.8 Å². The molecule has 8 nitrogen and oxygen atoms in total. The number of nitrogens with zero attached hydrogens (tertiary/aromatic N) is 3. The molecule has 0 aliphatic carbocycles. The predicted octanol–water partition coefficient (Wildman–Crippen LogP) is 4.36. The van der Waals surface area contributed by atoms with Crippen molar-refractivity contribution in [3.05, 3.63) is 78.4 Å². The number of rotatable bonds is 5. The molecule has 4 aromatic rings. The Hall–Kier alpha value is -4.20. The number of ether oxygens (including phenoxy) is 1. The average molecular weight is 441 g/mol. The van der Waals surface area contributed by atoms with Gasteiger partial charge in [-0.15, -0.1) is 5.10 Å². The predicted molar refractivity (Wildman–Crippen MR) is 124 cm³/mol. The van der Waals surface area contributed by atoms with Crippen molar-refractivity contribution < 1.29 is 14.3 Å². The molecule has 0 unspecified atom stereocenters. The highest BCUT2D eigenvalue weighted by Gasteiger charge is 2.35. The van der Waals surface area contributed by atoms with E-state index in [9.17, 15) is 9.59 Å². The molecule has 0 spiro atoms. The summed E-state index contributed by atoms with van der Waals surface area (Å²) in [6, 6.07) is 22.4. The lowest BCUT2D eigenvalue weighted by Gasteiger charge is -2.23. The second-order valence-corrected chi connectivity index (χ2v) is 8.01. The lowest BCUT2D eigenvalue weighted by Crippen LogP contribution is -2.43. The molecule has 2 heterocycles. The van der Waals surface area contributed by atoms with E-state index < -0.39 is 12.1 Å². The molecule has 8 heteroatoms. The zero-order valence-electron chi connectivity index (χ0n) is 17.9. The number of aromatic nitrogens is 3. The molecule has 1 atom stereocenters. The third kappa shape index (κ3) is 4.55. The molecule has 3 aromatic carbocycles. The van der Waals surface area contributed by atoms with Crippen LogP contribution in [0.3, 0.4) is 0 Å². The van der Waals surface area contributed by atoms with Crippen LogP contribution >= 0.6 is 0 Å². The molecule has 1 fully saturated rings. The van der Waals surface area contributed by atoms with E-state index in [1.165, 1.54) is 4.90 Å². The largest absolute Gasteiger partial charge is 0.445 e. The second-order valence-electron chi connectivity index (χ2n) is 8.01. The Bertz CT molecular complexity index is 1290. The summed E-state index contributed by atoms with van der Waals surface area (Å²) in [7, 11) is 0. The molecule has 5 rings (SSSR count). The van der Waals surface area contributed by atoms with Crippen LogP contribution < -0.4 is 5.32 Å². The molecule has 33 heavy (non-hydrogen) atoms. The van der Waals surface area contributed by atoms with Gasteiger partial charge in [-0.1, -0.05) is 53.7 Å². The van der Waals surface area contributed by atoms with Gasteiger partial charge in [-0.3, -0.25) is 14.8 Å². The van der Waals surface area contributed by atoms with Gasteiger partial charge < -0.3 is 10.1 Å². The molecule has 1 aliphatic heterocycles. The van der Waals surface area contributed by atoms with Crippen LogP contribution in [0.2, 0.25) is 0 Å². The number of nitrogens with one attached hydrogen (secondary N) is 2. The summed E-state index contributed by atoms with van der Waals surface area (Å²) in [5.41, 5.74) is 5.14. The van der Waals surface area contributed by atoms with Gasteiger partial charge in [0.05, 0.1) is 5.52 Å². The van der Waals surface area contributed by atoms with Crippen molar-refractivity contribution in [2.24, 2.45) is 0 Å². The molecule has 166 valence electrons. The van der Waals surface area contributed by atoms with Crippen LogP contribution in [0.15, 0.2) is 72.8 Å². The number of amides is 2. The third-order valence-electron chi connectivity index (χ3n) is 5.78. The minimum Gasteiger partial charge on any atom is -0.445 e. The number of H-pyrrole nitrogens is 1. The van der Waals surface area contributed by atoms with Gasteiger partial charge in [0.25, 0.3) is 0 Å². The first-order chi connectivity index (χ1) is 16.2. The first kappa shape index (κ1) is 20.7. The summed E-state index contributed by atoms with van der Waals surface area (Å²) < 4.78 is 5.44. The molecular weight excluding hydrogens is 418 g/mol. The van der Waals surface area contributed by atoms with Crippen molar-refractivity contribution in [2.75, 3.05) is 11.9 Å². The maximum Gasteiger partial charge on any atom is 0.410 e. The van der Waals surface area contributed by atoms with Crippen LogP contribution in [0.5, 0.6) is 0 Å². The molecule has 1 aliphatic rings. The Balaban J connectivity index is 1.25. The maximum absolute atomic E-state index is 13.0. The van der Waals surface area contributed by atoms with E-state index >= 15 is 0 Å². The average Bonchev–Trinajstić information content (AvgIpc) is 3.53. The number of hydrogen-bond acceptors (Lipinski definition) is 5. The van der Waals surface area contributed by atoms with Gasteiger partial charge in [-0.2, -0.15) is 0 Å². The topological polar surface area (TPSA) is 100 Å². The molecule has 0 saturated carbocycles. The number of anilines is 1. The van der Waals surface area contributed by atoms with E-state index in [2.05, 4.69) is 20.7 Å². The number of likely N-dealkylation sites (tertiary alicyclic amines) is 1. The van der Waals surface area contributed by atoms with Crippen LogP contribution in [0.4, 0.5) is 10.5 Å². The highest BCUT2D eigenvalue weighted by molar-refractivity contribution is 5.97. The van der Waals surface area contributed by atoms with Gasteiger partial charge in [0.1, 0.15) is 18.2 Å². The standard InChI is InChI=1S/C25H23N5O3/c31-24(23-10-5-13-30(23)25(32)33-16-17-6-2-1-3-7-17)26-20-9-4-8-18(14-20)19-11-12-21-22(15-19)28-29-27-21/h1-4,6-9,11-12,14-15,23H,5,10,13,16H2,(H,26,31)(H,27,28,29)/t23-/m0/s1. The van der Waals surface area contributed by atoms with Crippen LogP contribution in [0.1, 0.15) is 18.4 Å². The minimum absolute atomic E-state index is 0.183. The zero-order valence-corrected chi connectivity index (χ0v) is 17.9. The fourth-order valence-electron chi connectivity index (χ4n) is 4.08. The number of carbonyl (C=O) groups excluding carboxylic acids is 2. The highest BCUT2D eigenvalue weighted by atomic mass is 16.6. The van der Waals surface area contributed by atoms with Crippen LogP contribution in [-0.4, -0.2) is 44.9 Å². The van der Waals surface area contributed by atoms with Crippen molar-refractivity contribution in [3.8, 4) is 11.1 Å².